The van der Waals surface area contributed by atoms with E-state index in [1.807, 2.05) is 13.8 Å². The number of carbonyl (C=O) groups excluding carboxylic acids is 1. The molecular weight excluding hydrogens is 224 g/mol. The summed E-state index contributed by atoms with van der Waals surface area (Å²) in [5, 5.41) is 0. The van der Waals surface area contributed by atoms with E-state index in [9.17, 15) is 4.79 Å². The molecule has 0 aromatic heterocycles. The van der Waals surface area contributed by atoms with E-state index in [1.165, 1.54) is 17.5 Å². The highest BCUT2D eigenvalue weighted by Crippen LogP contribution is 2.60. The van der Waals surface area contributed by atoms with Crippen molar-refractivity contribution in [2.24, 2.45) is 11.8 Å². The number of hydrogen-bond donors (Lipinski definition) is 0. The number of ketones is 1. The van der Waals surface area contributed by atoms with Crippen molar-refractivity contribution in [1.29, 1.82) is 0 Å². The molecule has 96 valence electrons. The van der Waals surface area contributed by atoms with Crippen LogP contribution >= 0.6 is 0 Å². The number of aryl methyl sites for hydroxylation is 1. The van der Waals surface area contributed by atoms with Gasteiger partial charge in [0, 0.05) is 5.92 Å². The highest BCUT2D eigenvalue weighted by molar-refractivity contribution is 5.87. The topological polar surface area (TPSA) is 26.3 Å². The largest absolute Gasteiger partial charge is 0.371 e. The highest BCUT2D eigenvalue weighted by atomic mass is 16.5. The number of rotatable bonds is 4. The summed E-state index contributed by atoms with van der Waals surface area (Å²) in [7, 11) is 0. The molecule has 0 bridgehead atoms. The molecule has 0 amide bonds. The fourth-order valence-corrected chi connectivity index (χ4v) is 3.35. The van der Waals surface area contributed by atoms with Gasteiger partial charge >= 0.3 is 0 Å². The van der Waals surface area contributed by atoms with Gasteiger partial charge in [0.05, 0.1) is 6.10 Å². The maximum absolute atomic E-state index is 12.2. The van der Waals surface area contributed by atoms with Crippen LogP contribution in [0.5, 0.6) is 0 Å². The lowest BCUT2D eigenvalue weighted by Gasteiger charge is -2.13. The second-order valence-electron chi connectivity index (χ2n) is 5.78. The van der Waals surface area contributed by atoms with Crippen LogP contribution in [0.4, 0.5) is 0 Å². The number of benzene rings is 1. The van der Waals surface area contributed by atoms with Gasteiger partial charge in [-0.2, -0.15) is 0 Å². The first-order valence-electron chi connectivity index (χ1n) is 6.90. The van der Waals surface area contributed by atoms with Crippen LogP contribution in [0.3, 0.4) is 0 Å². The van der Waals surface area contributed by atoms with Gasteiger partial charge in [-0.1, -0.05) is 24.3 Å². The van der Waals surface area contributed by atoms with Crippen molar-refractivity contribution in [1.82, 2.24) is 0 Å². The van der Waals surface area contributed by atoms with Crippen molar-refractivity contribution in [3.63, 3.8) is 0 Å². The summed E-state index contributed by atoms with van der Waals surface area (Å²) in [6.45, 7) is 4.24. The zero-order chi connectivity index (χ0) is 12.7. The van der Waals surface area contributed by atoms with Crippen LogP contribution in [0.25, 0.3) is 0 Å². The summed E-state index contributed by atoms with van der Waals surface area (Å²) in [6, 6.07) is 8.59. The Labute approximate surface area is 108 Å². The van der Waals surface area contributed by atoms with Crippen molar-refractivity contribution in [2.45, 2.75) is 38.7 Å². The number of fused-ring (bicyclic) bond motifs is 3. The summed E-state index contributed by atoms with van der Waals surface area (Å²) < 4.78 is 5.45. The van der Waals surface area contributed by atoms with E-state index in [4.69, 9.17) is 4.74 Å². The SMILES string of the molecule is CC(C)OCC(=O)C1C2CCc3ccccc3C21. The molecule has 2 nitrogen and oxygen atoms in total. The minimum absolute atomic E-state index is 0.141. The minimum atomic E-state index is 0.141. The molecule has 0 saturated heterocycles. The molecule has 0 radical (unpaired) electrons. The third-order valence-electron chi connectivity index (χ3n) is 4.26. The standard InChI is InChI=1S/C16H20O2/c1-10(2)18-9-14(17)16-13-8-7-11-5-3-4-6-12(11)15(13)16/h3-6,10,13,15-16H,7-9H2,1-2H3. The normalized spacial score (nSPS) is 28.7. The molecule has 3 unspecified atom stereocenters. The average molecular weight is 244 g/mol. The Balaban J connectivity index is 1.71. The second-order valence-corrected chi connectivity index (χ2v) is 5.78. The summed E-state index contributed by atoms with van der Waals surface area (Å²) in [4.78, 5) is 12.2. The molecule has 0 heterocycles. The van der Waals surface area contributed by atoms with E-state index >= 15 is 0 Å². The molecular formula is C16H20O2. The average Bonchev–Trinajstić information content (AvgIpc) is 3.10. The van der Waals surface area contributed by atoms with E-state index < -0.39 is 0 Å². The van der Waals surface area contributed by atoms with Crippen molar-refractivity contribution >= 4 is 5.78 Å². The van der Waals surface area contributed by atoms with E-state index in [0.29, 0.717) is 17.6 Å². The molecule has 1 aromatic carbocycles. The Kier molecular flexibility index (Phi) is 2.98. The van der Waals surface area contributed by atoms with Gasteiger partial charge in [0.1, 0.15) is 6.61 Å². The zero-order valence-electron chi connectivity index (χ0n) is 11.1. The molecule has 18 heavy (non-hydrogen) atoms. The Morgan fingerprint density at radius 3 is 2.94 bits per heavy atom. The minimum Gasteiger partial charge on any atom is -0.371 e. The van der Waals surface area contributed by atoms with Gasteiger partial charge < -0.3 is 4.74 Å². The number of Topliss-reactive ketones (excluding diaryl/α,β-unsaturated/α-hetero) is 1. The molecule has 0 N–H and O–H groups in total. The van der Waals surface area contributed by atoms with Gasteiger partial charge in [0.2, 0.25) is 0 Å². The van der Waals surface area contributed by atoms with Gasteiger partial charge in [-0.3, -0.25) is 4.79 Å². The number of carbonyl (C=O) groups is 1. The van der Waals surface area contributed by atoms with E-state index in [1.54, 1.807) is 0 Å². The first-order valence-corrected chi connectivity index (χ1v) is 6.90. The molecule has 3 atom stereocenters. The number of ether oxygens (including phenoxy) is 1. The third kappa shape index (κ3) is 1.99. The zero-order valence-corrected chi connectivity index (χ0v) is 11.1. The highest BCUT2D eigenvalue weighted by Gasteiger charge is 2.56. The van der Waals surface area contributed by atoms with Crippen molar-refractivity contribution in [2.75, 3.05) is 6.61 Å². The summed E-state index contributed by atoms with van der Waals surface area (Å²) in [6.07, 6.45) is 2.44. The van der Waals surface area contributed by atoms with Crippen molar-refractivity contribution in [3.05, 3.63) is 35.4 Å². The smallest absolute Gasteiger partial charge is 0.162 e. The molecule has 1 saturated carbocycles. The lowest BCUT2D eigenvalue weighted by molar-refractivity contribution is -0.126. The van der Waals surface area contributed by atoms with E-state index in [2.05, 4.69) is 24.3 Å². The maximum Gasteiger partial charge on any atom is 0.162 e. The molecule has 0 spiro atoms. The first-order chi connectivity index (χ1) is 8.68. The Morgan fingerprint density at radius 1 is 1.39 bits per heavy atom. The van der Waals surface area contributed by atoms with Crippen molar-refractivity contribution in [3.8, 4) is 0 Å². The van der Waals surface area contributed by atoms with Gasteiger partial charge in [-0.25, -0.2) is 0 Å². The summed E-state index contributed by atoms with van der Waals surface area (Å²) >= 11 is 0. The van der Waals surface area contributed by atoms with Crippen LogP contribution in [0, 0.1) is 11.8 Å². The third-order valence-corrected chi connectivity index (χ3v) is 4.26. The van der Waals surface area contributed by atoms with Gasteiger partial charge in [-0.05, 0) is 49.7 Å². The molecule has 3 rings (SSSR count). The van der Waals surface area contributed by atoms with Crippen molar-refractivity contribution < 1.29 is 9.53 Å². The van der Waals surface area contributed by atoms with Gasteiger partial charge in [0.25, 0.3) is 0 Å². The molecule has 1 fully saturated rings. The van der Waals surface area contributed by atoms with Gasteiger partial charge in [-0.15, -0.1) is 0 Å². The molecule has 0 aliphatic heterocycles. The van der Waals surface area contributed by atoms with Crippen LogP contribution < -0.4 is 0 Å². The van der Waals surface area contributed by atoms with Crippen LogP contribution in [0.2, 0.25) is 0 Å². The fraction of sp³-hybridized carbons (Fsp3) is 0.562. The van der Waals surface area contributed by atoms with Crippen LogP contribution in [-0.2, 0) is 16.0 Å². The number of hydrogen-bond acceptors (Lipinski definition) is 2. The summed E-state index contributed by atoms with van der Waals surface area (Å²) in [5.74, 6) is 1.60. The molecule has 2 aliphatic rings. The second kappa shape index (κ2) is 4.51. The predicted molar refractivity (Wildman–Crippen MR) is 70.6 cm³/mol. The Bertz CT molecular complexity index is 464. The molecule has 2 aliphatic carbocycles. The van der Waals surface area contributed by atoms with E-state index in [0.717, 1.165) is 6.42 Å². The fourth-order valence-electron chi connectivity index (χ4n) is 3.35. The van der Waals surface area contributed by atoms with Crippen LogP contribution in [0.1, 0.15) is 37.3 Å². The van der Waals surface area contributed by atoms with Gasteiger partial charge in [0.15, 0.2) is 5.78 Å². The summed E-state index contributed by atoms with van der Waals surface area (Å²) in [5.41, 5.74) is 2.86. The van der Waals surface area contributed by atoms with Crippen LogP contribution in [-0.4, -0.2) is 18.5 Å². The quantitative estimate of drug-likeness (QED) is 0.814. The Morgan fingerprint density at radius 2 is 2.17 bits per heavy atom. The molecule has 1 aromatic rings. The lowest BCUT2D eigenvalue weighted by atomic mass is 9.92. The monoisotopic (exact) mass is 244 g/mol. The van der Waals surface area contributed by atoms with Crippen LogP contribution in [0.15, 0.2) is 24.3 Å². The lowest BCUT2D eigenvalue weighted by Crippen LogP contribution is -2.15. The maximum atomic E-state index is 12.2. The van der Waals surface area contributed by atoms with E-state index in [-0.39, 0.29) is 18.6 Å². The first kappa shape index (κ1) is 11.9. The predicted octanol–water partition coefficient (Wildman–Crippen LogP) is 2.96. The molecule has 2 heteroatoms. The Hall–Kier alpha value is -1.15.